The van der Waals surface area contributed by atoms with Crippen LogP contribution in [-0.4, -0.2) is 9.55 Å². The van der Waals surface area contributed by atoms with Gasteiger partial charge in [-0.25, -0.2) is 4.98 Å². The van der Waals surface area contributed by atoms with E-state index in [0.29, 0.717) is 16.9 Å². The molecule has 2 heterocycles. The molecule has 2 aromatic heterocycles. The van der Waals surface area contributed by atoms with Crippen LogP contribution in [0.3, 0.4) is 0 Å². The van der Waals surface area contributed by atoms with Crippen LogP contribution in [0.25, 0.3) is 105 Å². The topological polar surface area (TPSA) is 31.0 Å². The number of rotatable bonds is 5. The molecule has 0 spiro atoms. The molecule has 0 aliphatic rings. The number of para-hydroxylation sites is 4. The molecule has 0 N–H and O–H groups in total. The Hall–Kier alpha value is -7.23. The molecule has 11 rings (SSSR count). The molecule has 0 unspecified atom stereocenters. The number of hydrogen-bond donors (Lipinski definition) is 0. The quantitative estimate of drug-likeness (QED) is 0.168. The largest absolute Gasteiger partial charge is 0.456 e. The summed E-state index contributed by atoms with van der Waals surface area (Å²) in [5.41, 5.74) is 9.98. The lowest BCUT2D eigenvalue weighted by Crippen LogP contribution is -1.99. The summed E-state index contributed by atoms with van der Waals surface area (Å²) in [5.74, 6) is 0.470. The molecule has 0 fully saturated rings. The molecule has 0 saturated heterocycles. The van der Waals surface area contributed by atoms with Gasteiger partial charge in [0.2, 0.25) is 0 Å². The van der Waals surface area contributed by atoms with Crippen molar-refractivity contribution in [2.24, 2.45) is 0 Å². The molecule has 54 heavy (non-hydrogen) atoms. The van der Waals surface area contributed by atoms with Gasteiger partial charge < -0.3 is 4.42 Å². The molecule has 9 aromatic carbocycles. The van der Waals surface area contributed by atoms with Gasteiger partial charge in [-0.05, 0) is 97.3 Å². The van der Waals surface area contributed by atoms with Gasteiger partial charge in [-0.3, -0.25) is 4.57 Å². The van der Waals surface area contributed by atoms with Crippen molar-refractivity contribution >= 4 is 54.5 Å². The number of aromatic nitrogens is 2. The summed E-state index contributed by atoms with van der Waals surface area (Å²) < 4.78 is 51.8. The fourth-order valence-electron chi connectivity index (χ4n) is 8.24. The third kappa shape index (κ3) is 4.65. The Morgan fingerprint density at radius 3 is 1.93 bits per heavy atom. The first-order valence-electron chi connectivity index (χ1n) is 20.5. The van der Waals surface area contributed by atoms with Gasteiger partial charge >= 0.3 is 0 Å². The average Bonchev–Trinajstić information content (AvgIpc) is 3.86. The summed E-state index contributed by atoms with van der Waals surface area (Å²) in [4.78, 5) is 5.16. The zero-order valence-electron chi connectivity index (χ0n) is 33.9. The predicted octanol–water partition coefficient (Wildman–Crippen LogP) is 13.9. The highest BCUT2D eigenvalue weighted by Gasteiger charge is 2.24. The number of furan rings is 1. The lowest BCUT2D eigenvalue weighted by molar-refractivity contribution is 0.669. The van der Waals surface area contributed by atoms with E-state index in [1.165, 1.54) is 0 Å². The van der Waals surface area contributed by atoms with E-state index in [2.05, 4.69) is 97.1 Å². The van der Waals surface area contributed by atoms with Crippen molar-refractivity contribution in [2.75, 3.05) is 0 Å². The van der Waals surface area contributed by atoms with Crippen molar-refractivity contribution in [2.45, 2.75) is 0 Å². The summed E-state index contributed by atoms with van der Waals surface area (Å²) >= 11 is 0. The summed E-state index contributed by atoms with van der Waals surface area (Å²) in [6.45, 7) is 0. The van der Waals surface area contributed by atoms with Gasteiger partial charge in [0, 0.05) is 22.0 Å². The van der Waals surface area contributed by atoms with Gasteiger partial charge in [-0.1, -0.05) is 152 Å². The van der Waals surface area contributed by atoms with Gasteiger partial charge in [0.05, 0.1) is 17.9 Å². The van der Waals surface area contributed by atoms with Gasteiger partial charge in [-0.2, -0.15) is 0 Å². The zero-order chi connectivity index (χ0) is 39.9. The Bertz CT molecular complexity index is 3490. The molecule has 0 bridgehead atoms. The molecule has 3 heteroatoms. The summed E-state index contributed by atoms with van der Waals surface area (Å²) in [6, 6.07) is 53.8. The van der Waals surface area contributed by atoms with E-state index >= 15 is 0 Å². The Kier molecular flexibility index (Phi) is 5.79. The van der Waals surface area contributed by atoms with Crippen LogP contribution in [0.5, 0.6) is 0 Å². The van der Waals surface area contributed by atoms with Gasteiger partial charge in [0.1, 0.15) is 17.0 Å². The lowest BCUT2D eigenvalue weighted by atomic mass is 9.83. The Morgan fingerprint density at radius 1 is 0.463 bits per heavy atom. The predicted molar refractivity (Wildman–Crippen MR) is 225 cm³/mol. The van der Waals surface area contributed by atoms with E-state index in [1.807, 2.05) is 66.7 Å². The van der Waals surface area contributed by atoms with Crippen LogP contribution in [0.1, 0.15) is 6.85 Å². The minimum atomic E-state index is -0.442. The van der Waals surface area contributed by atoms with Crippen LogP contribution in [0, 0.1) is 0 Å². The molecule has 3 nitrogen and oxygen atoms in total. The monoisotopic (exact) mass is 693 g/mol. The Balaban J connectivity index is 1.28. The molecule has 0 saturated carbocycles. The summed E-state index contributed by atoms with van der Waals surface area (Å²) in [5, 5.41) is 6.29. The SMILES string of the molecule is [2H]c1c([2H])c([2H])c(-n2c(-c3ccccc3-c3c4ccccc4c(-c4cccc5oc6ccccc6c45)c4cc(-c5ccccc5)ccc34)nc3ccccc32)c([2H])c1[2H]. The Labute approximate surface area is 319 Å². The molecule has 0 aliphatic heterocycles. The van der Waals surface area contributed by atoms with Crippen molar-refractivity contribution in [1.29, 1.82) is 0 Å². The van der Waals surface area contributed by atoms with E-state index in [4.69, 9.17) is 16.3 Å². The molecule has 0 amide bonds. The summed E-state index contributed by atoms with van der Waals surface area (Å²) in [6.07, 6.45) is 0. The molecular formula is C51H32N2O. The maximum absolute atomic E-state index is 9.04. The number of hydrogen-bond acceptors (Lipinski definition) is 2. The maximum atomic E-state index is 9.04. The minimum Gasteiger partial charge on any atom is -0.456 e. The van der Waals surface area contributed by atoms with E-state index in [1.54, 1.807) is 4.57 Å². The van der Waals surface area contributed by atoms with Crippen molar-refractivity contribution in [3.05, 3.63) is 194 Å². The highest BCUT2D eigenvalue weighted by Crippen LogP contribution is 2.49. The lowest BCUT2D eigenvalue weighted by Gasteiger charge is -2.21. The van der Waals surface area contributed by atoms with Crippen molar-refractivity contribution in [3.8, 4) is 50.5 Å². The van der Waals surface area contributed by atoms with Gasteiger partial charge in [-0.15, -0.1) is 0 Å². The van der Waals surface area contributed by atoms with Crippen LogP contribution in [0.2, 0.25) is 0 Å². The number of imidazole rings is 1. The van der Waals surface area contributed by atoms with E-state index in [9.17, 15) is 0 Å². The second kappa shape index (κ2) is 12.2. The second-order valence-electron chi connectivity index (χ2n) is 13.5. The fraction of sp³-hybridized carbons (Fsp3) is 0. The van der Waals surface area contributed by atoms with Crippen LogP contribution in [0.4, 0.5) is 0 Å². The molecular weight excluding hydrogens is 657 g/mol. The van der Waals surface area contributed by atoms with Gasteiger partial charge in [0.15, 0.2) is 0 Å². The van der Waals surface area contributed by atoms with Crippen LogP contribution < -0.4 is 0 Å². The first kappa shape index (κ1) is 25.7. The first-order valence-corrected chi connectivity index (χ1v) is 18.0. The average molecular weight is 694 g/mol. The third-order valence-corrected chi connectivity index (χ3v) is 10.5. The van der Waals surface area contributed by atoms with Crippen LogP contribution in [-0.2, 0) is 0 Å². The van der Waals surface area contributed by atoms with Crippen molar-refractivity contribution in [3.63, 3.8) is 0 Å². The van der Waals surface area contributed by atoms with E-state index in [-0.39, 0.29) is 17.8 Å². The highest BCUT2D eigenvalue weighted by atomic mass is 16.3. The first-order chi connectivity index (χ1) is 28.9. The summed E-state index contributed by atoms with van der Waals surface area (Å²) in [7, 11) is 0. The zero-order valence-corrected chi connectivity index (χ0v) is 28.9. The standard InChI is InChI=1S/C51H32N2O/c1-3-16-33(17-4-1)34-30-31-39-43(32-34)49(42-25-15-29-47-50(42)41-24-11-14-28-46(41)54-47)37-21-8-7-20-36(37)48(39)38-22-9-10-23-40(38)51-52-44-26-12-13-27-45(44)53(51)35-18-5-2-6-19-35/h1-32H/i2D,5D,6D,18D,19D. The molecule has 11 aromatic rings. The minimum absolute atomic E-state index is 0.0486. The smallest absolute Gasteiger partial charge is 0.146 e. The number of benzene rings is 9. The Morgan fingerprint density at radius 2 is 1.09 bits per heavy atom. The maximum Gasteiger partial charge on any atom is 0.146 e. The molecule has 0 atom stereocenters. The number of nitrogens with zero attached hydrogens (tertiary/aromatic N) is 2. The normalized spacial score (nSPS) is 13.0. The molecule has 252 valence electrons. The van der Waals surface area contributed by atoms with Crippen molar-refractivity contribution in [1.82, 2.24) is 9.55 Å². The number of fused-ring (bicyclic) bond motifs is 6. The highest BCUT2D eigenvalue weighted by molar-refractivity contribution is 6.26. The van der Waals surface area contributed by atoms with E-state index in [0.717, 1.165) is 82.4 Å². The van der Waals surface area contributed by atoms with Crippen molar-refractivity contribution < 1.29 is 11.3 Å². The van der Waals surface area contributed by atoms with Crippen LogP contribution >= 0.6 is 0 Å². The molecule has 0 aliphatic carbocycles. The third-order valence-electron chi connectivity index (χ3n) is 10.5. The van der Waals surface area contributed by atoms with Crippen LogP contribution in [0.15, 0.2) is 198 Å². The second-order valence-corrected chi connectivity index (χ2v) is 13.5. The van der Waals surface area contributed by atoms with Gasteiger partial charge in [0.25, 0.3) is 0 Å². The fourth-order valence-corrected chi connectivity index (χ4v) is 8.24. The van der Waals surface area contributed by atoms with E-state index < -0.39 is 18.1 Å². The molecule has 0 radical (unpaired) electrons.